The maximum Gasteiger partial charge on any atom is 0.191 e. The SMILES string of the molecule is CCNC(=NCCCCC1CCCC1)NCCOCCOC. The first kappa shape index (κ1) is 19.2. The summed E-state index contributed by atoms with van der Waals surface area (Å²) in [5.74, 6) is 1.90. The molecule has 0 radical (unpaired) electrons. The Morgan fingerprint density at radius 1 is 1.09 bits per heavy atom. The van der Waals surface area contributed by atoms with Crippen LogP contribution in [0.3, 0.4) is 0 Å². The molecular formula is C17H35N3O2. The Morgan fingerprint density at radius 2 is 1.91 bits per heavy atom. The molecule has 0 bridgehead atoms. The molecule has 1 aliphatic rings. The quantitative estimate of drug-likeness (QED) is 0.330. The average Bonchev–Trinajstić information content (AvgIpc) is 3.03. The van der Waals surface area contributed by atoms with Crippen molar-refractivity contribution in [1.82, 2.24) is 10.6 Å². The lowest BCUT2D eigenvalue weighted by Crippen LogP contribution is -2.39. The molecule has 0 aromatic heterocycles. The van der Waals surface area contributed by atoms with Crippen LogP contribution in [0.4, 0.5) is 0 Å². The molecule has 1 saturated carbocycles. The number of methoxy groups -OCH3 is 1. The summed E-state index contributed by atoms with van der Waals surface area (Å²) in [4.78, 5) is 4.63. The monoisotopic (exact) mass is 313 g/mol. The van der Waals surface area contributed by atoms with E-state index in [4.69, 9.17) is 9.47 Å². The molecule has 1 aliphatic carbocycles. The van der Waals surface area contributed by atoms with Gasteiger partial charge in [-0.1, -0.05) is 38.5 Å². The zero-order valence-electron chi connectivity index (χ0n) is 14.5. The van der Waals surface area contributed by atoms with E-state index in [0.29, 0.717) is 19.8 Å². The zero-order chi connectivity index (χ0) is 15.9. The third kappa shape index (κ3) is 10.0. The summed E-state index contributed by atoms with van der Waals surface area (Å²) in [5.41, 5.74) is 0. The van der Waals surface area contributed by atoms with Crippen LogP contribution in [0.5, 0.6) is 0 Å². The second-order valence-corrected chi connectivity index (χ2v) is 5.94. The Kier molecular flexibility index (Phi) is 12.1. The highest BCUT2D eigenvalue weighted by atomic mass is 16.5. The molecule has 0 aliphatic heterocycles. The Morgan fingerprint density at radius 3 is 2.64 bits per heavy atom. The van der Waals surface area contributed by atoms with Crippen molar-refractivity contribution in [1.29, 1.82) is 0 Å². The average molecular weight is 313 g/mol. The molecule has 5 heteroatoms. The third-order valence-electron chi connectivity index (χ3n) is 4.08. The van der Waals surface area contributed by atoms with Crippen LogP contribution in [0, 0.1) is 5.92 Å². The minimum Gasteiger partial charge on any atom is -0.382 e. The Hall–Kier alpha value is -0.810. The van der Waals surface area contributed by atoms with E-state index in [1.54, 1.807) is 7.11 Å². The number of hydrogen-bond acceptors (Lipinski definition) is 3. The minimum atomic E-state index is 0.646. The molecule has 2 N–H and O–H groups in total. The van der Waals surface area contributed by atoms with Gasteiger partial charge >= 0.3 is 0 Å². The van der Waals surface area contributed by atoms with E-state index in [9.17, 15) is 0 Å². The lowest BCUT2D eigenvalue weighted by molar-refractivity contribution is 0.0733. The number of ether oxygens (including phenoxy) is 2. The first-order valence-electron chi connectivity index (χ1n) is 8.95. The molecule has 1 fully saturated rings. The van der Waals surface area contributed by atoms with Gasteiger partial charge in [-0.15, -0.1) is 0 Å². The van der Waals surface area contributed by atoms with Crippen LogP contribution in [-0.2, 0) is 9.47 Å². The molecule has 0 aromatic rings. The van der Waals surface area contributed by atoms with Gasteiger partial charge in [0.05, 0.1) is 19.8 Å². The summed E-state index contributed by atoms with van der Waals surface area (Å²) in [6, 6.07) is 0. The summed E-state index contributed by atoms with van der Waals surface area (Å²) >= 11 is 0. The van der Waals surface area contributed by atoms with Gasteiger partial charge in [0.1, 0.15) is 0 Å². The molecule has 0 spiro atoms. The van der Waals surface area contributed by atoms with Gasteiger partial charge in [-0.05, 0) is 19.3 Å². The van der Waals surface area contributed by atoms with Crippen molar-refractivity contribution in [2.24, 2.45) is 10.9 Å². The van der Waals surface area contributed by atoms with Crippen LogP contribution in [-0.4, -0.2) is 52.5 Å². The van der Waals surface area contributed by atoms with Gasteiger partial charge in [-0.25, -0.2) is 0 Å². The lowest BCUT2D eigenvalue weighted by Gasteiger charge is -2.12. The van der Waals surface area contributed by atoms with Gasteiger partial charge in [0.2, 0.25) is 0 Å². The highest BCUT2D eigenvalue weighted by molar-refractivity contribution is 5.79. The first-order valence-corrected chi connectivity index (χ1v) is 8.95. The van der Waals surface area contributed by atoms with E-state index >= 15 is 0 Å². The number of unbranched alkanes of at least 4 members (excludes halogenated alkanes) is 1. The summed E-state index contributed by atoms with van der Waals surface area (Å²) < 4.78 is 10.4. The highest BCUT2D eigenvalue weighted by Crippen LogP contribution is 2.28. The molecular weight excluding hydrogens is 278 g/mol. The van der Waals surface area contributed by atoms with Crippen LogP contribution < -0.4 is 10.6 Å². The maximum atomic E-state index is 5.43. The summed E-state index contributed by atoms with van der Waals surface area (Å²) in [6.07, 6.45) is 9.71. The lowest BCUT2D eigenvalue weighted by atomic mass is 10.0. The smallest absolute Gasteiger partial charge is 0.191 e. The predicted octanol–water partition coefficient (Wildman–Crippen LogP) is 2.57. The van der Waals surface area contributed by atoms with E-state index in [-0.39, 0.29) is 0 Å². The first-order chi connectivity index (χ1) is 10.9. The molecule has 22 heavy (non-hydrogen) atoms. The number of aliphatic imine (C=N–C) groups is 1. The molecule has 5 nitrogen and oxygen atoms in total. The van der Waals surface area contributed by atoms with Crippen molar-refractivity contribution < 1.29 is 9.47 Å². The molecule has 0 amide bonds. The predicted molar refractivity (Wildman–Crippen MR) is 92.5 cm³/mol. The van der Waals surface area contributed by atoms with Gasteiger partial charge in [0.15, 0.2) is 5.96 Å². The number of rotatable bonds is 12. The van der Waals surface area contributed by atoms with E-state index in [2.05, 4.69) is 22.5 Å². The fourth-order valence-electron chi connectivity index (χ4n) is 2.86. The van der Waals surface area contributed by atoms with Gasteiger partial charge < -0.3 is 20.1 Å². The summed E-state index contributed by atoms with van der Waals surface area (Å²) in [7, 11) is 1.68. The third-order valence-corrected chi connectivity index (χ3v) is 4.08. The Labute approximate surface area is 136 Å². The fourth-order valence-corrected chi connectivity index (χ4v) is 2.86. The van der Waals surface area contributed by atoms with Gasteiger partial charge in [-0.3, -0.25) is 4.99 Å². The normalized spacial score (nSPS) is 16.2. The second-order valence-electron chi connectivity index (χ2n) is 5.94. The van der Waals surface area contributed by atoms with Crippen LogP contribution in [0.2, 0.25) is 0 Å². The number of guanidine groups is 1. The van der Waals surface area contributed by atoms with E-state index in [1.165, 1.54) is 44.9 Å². The maximum absolute atomic E-state index is 5.43. The summed E-state index contributed by atoms with van der Waals surface area (Å²) in [5, 5.41) is 6.58. The van der Waals surface area contributed by atoms with Crippen molar-refractivity contribution in [3.05, 3.63) is 0 Å². The number of hydrogen-bond donors (Lipinski definition) is 2. The molecule has 0 aromatic carbocycles. The Bertz CT molecular complexity index is 279. The van der Waals surface area contributed by atoms with Gasteiger partial charge in [0, 0.05) is 26.7 Å². The standard InChI is InChI=1S/C17H35N3O2/c1-3-18-17(20-12-13-22-15-14-21-2)19-11-7-6-10-16-8-4-5-9-16/h16H,3-15H2,1-2H3,(H2,18,19,20). The van der Waals surface area contributed by atoms with Crippen molar-refractivity contribution >= 4 is 5.96 Å². The van der Waals surface area contributed by atoms with E-state index in [1.807, 2.05) is 0 Å². The molecule has 0 atom stereocenters. The van der Waals surface area contributed by atoms with Gasteiger partial charge in [-0.2, -0.15) is 0 Å². The molecule has 0 heterocycles. The van der Waals surface area contributed by atoms with Crippen molar-refractivity contribution in [2.45, 2.75) is 51.9 Å². The van der Waals surface area contributed by atoms with Gasteiger partial charge in [0.25, 0.3) is 0 Å². The van der Waals surface area contributed by atoms with Crippen LogP contribution in [0.25, 0.3) is 0 Å². The van der Waals surface area contributed by atoms with Crippen molar-refractivity contribution in [3.63, 3.8) is 0 Å². The molecule has 1 rings (SSSR count). The largest absolute Gasteiger partial charge is 0.382 e. The van der Waals surface area contributed by atoms with Crippen molar-refractivity contribution in [2.75, 3.05) is 46.6 Å². The summed E-state index contributed by atoms with van der Waals surface area (Å²) in [6.45, 7) is 6.63. The zero-order valence-corrected chi connectivity index (χ0v) is 14.5. The number of nitrogens with one attached hydrogen (secondary N) is 2. The second kappa shape index (κ2) is 13.8. The molecule has 130 valence electrons. The van der Waals surface area contributed by atoms with Crippen LogP contribution in [0.15, 0.2) is 4.99 Å². The van der Waals surface area contributed by atoms with Crippen LogP contribution >= 0.6 is 0 Å². The van der Waals surface area contributed by atoms with Crippen molar-refractivity contribution in [3.8, 4) is 0 Å². The van der Waals surface area contributed by atoms with Crippen LogP contribution in [0.1, 0.15) is 51.9 Å². The van der Waals surface area contributed by atoms with E-state index in [0.717, 1.165) is 31.5 Å². The topological polar surface area (TPSA) is 54.9 Å². The highest BCUT2D eigenvalue weighted by Gasteiger charge is 2.13. The minimum absolute atomic E-state index is 0.646. The van der Waals surface area contributed by atoms with E-state index < -0.39 is 0 Å². The molecule has 0 unspecified atom stereocenters. The molecule has 0 saturated heterocycles. The fraction of sp³-hybridized carbons (Fsp3) is 0.941. The number of nitrogens with zero attached hydrogens (tertiary/aromatic N) is 1. The Balaban J connectivity index is 2.04.